The molecule has 1 amide bonds. The van der Waals surface area contributed by atoms with Crippen molar-refractivity contribution in [2.75, 3.05) is 60.4 Å². The predicted octanol–water partition coefficient (Wildman–Crippen LogP) is 1.01. The van der Waals surface area contributed by atoms with E-state index in [1.54, 1.807) is 14.1 Å². The fourth-order valence-corrected chi connectivity index (χ4v) is 3.19. The third-order valence-corrected chi connectivity index (χ3v) is 5.07. The molecule has 1 atom stereocenters. The molecule has 1 heterocycles. The lowest BCUT2D eigenvalue weighted by molar-refractivity contribution is 0.0963. The number of amides is 1. The Labute approximate surface area is 186 Å². The molecule has 1 aliphatic heterocycles. The number of nitrogens with zero attached hydrogens (tertiary/aromatic N) is 3. The number of aliphatic imine (C=N–C) groups is 1. The molecule has 0 aromatic heterocycles. The summed E-state index contributed by atoms with van der Waals surface area (Å²) in [6, 6.07) is 8.20. The Morgan fingerprint density at radius 3 is 2.57 bits per heavy atom. The van der Waals surface area contributed by atoms with Crippen molar-refractivity contribution in [1.29, 1.82) is 0 Å². The van der Waals surface area contributed by atoms with Crippen molar-refractivity contribution in [3.8, 4) is 0 Å². The quantitative estimate of drug-likeness (QED) is 0.295. The van der Waals surface area contributed by atoms with Gasteiger partial charge in [0.1, 0.15) is 0 Å². The summed E-state index contributed by atoms with van der Waals surface area (Å²) in [5.41, 5.74) is 1.82. The van der Waals surface area contributed by atoms with Gasteiger partial charge < -0.3 is 20.9 Å². The topological polar surface area (TPSA) is 72.0 Å². The van der Waals surface area contributed by atoms with Crippen LogP contribution in [0.5, 0.6) is 0 Å². The van der Waals surface area contributed by atoms with E-state index in [1.165, 1.54) is 0 Å². The van der Waals surface area contributed by atoms with Gasteiger partial charge in [0.05, 0.1) is 0 Å². The minimum Gasteiger partial charge on any atom is -0.356 e. The Bertz CT molecular complexity index is 631. The van der Waals surface area contributed by atoms with Crippen molar-refractivity contribution < 1.29 is 4.79 Å². The maximum atomic E-state index is 11.7. The van der Waals surface area contributed by atoms with Crippen LogP contribution in [0, 0.1) is 0 Å². The van der Waals surface area contributed by atoms with E-state index >= 15 is 0 Å². The van der Waals surface area contributed by atoms with E-state index in [-0.39, 0.29) is 29.9 Å². The van der Waals surface area contributed by atoms with Crippen LogP contribution in [0.1, 0.15) is 22.8 Å². The molecule has 1 aromatic carbocycles. The molecular formula is C20H35IN6O. The van der Waals surface area contributed by atoms with Crippen molar-refractivity contribution >= 4 is 35.8 Å². The number of piperazine rings is 1. The molecule has 1 unspecified atom stereocenters. The number of nitrogens with one attached hydrogen (secondary N) is 3. The second kappa shape index (κ2) is 12.9. The molecule has 8 heteroatoms. The van der Waals surface area contributed by atoms with Crippen molar-refractivity contribution in [1.82, 2.24) is 25.8 Å². The Morgan fingerprint density at radius 1 is 1.21 bits per heavy atom. The third kappa shape index (κ3) is 7.92. The molecule has 0 radical (unpaired) electrons. The Hall–Kier alpha value is -1.39. The van der Waals surface area contributed by atoms with E-state index < -0.39 is 0 Å². The molecular weight excluding hydrogens is 467 g/mol. The van der Waals surface area contributed by atoms with Crippen LogP contribution in [0.4, 0.5) is 0 Å². The molecule has 0 bridgehead atoms. The van der Waals surface area contributed by atoms with Crippen LogP contribution in [-0.2, 0) is 6.42 Å². The van der Waals surface area contributed by atoms with E-state index in [2.05, 4.69) is 44.7 Å². The highest BCUT2D eigenvalue weighted by atomic mass is 127. The molecule has 2 rings (SSSR count). The second-order valence-electron chi connectivity index (χ2n) is 7.10. The van der Waals surface area contributed by atoms with Gasteiger partial charge in [-0.15, -0.1) is 24.0 Å². The fourth-order valence-electron chi connectivity index (χ4n) is 3.19. The van der Waals surface area contributed by atoms with E-state index in [9.17, 15) is 4.79 Å². The van der Waals surface area contributed by atoms with Gasteiger partial charge in [-0.3, -0.25) is 14.7 Å². The summed E-state index contributed by atoms with van der Waals surface area (Å²) in [6.45, 7) is 8.39. The molecule has 0 spiro atoms. The fraction of sp³-hybridized carbons (Fsp3) is 0.600. The first kappa shape index (κ1) is 24.6. The zero-order valence-corrected chi connectivity index (χ0v) is 19.8. The van der Waals surface area contributed by atoms with E-state index in [4.69, 9.17) is 0 Å². The first-order valence-corrected chi connectivity index (χ1v) is 9.71. The first-order valence-electron chi connectivity index (χ1n) is 9.71. The number of halogens is 1. The maximum Gasteiger partial charge on any atom is 0.251 e. The summed E-state index contributed by atoms with van der Waals surface area (Å²) < 4.78 is 0. The minimum atomic E-state index is -0.0554. The van der Waals surface area contributed by atoms with Gasteiger partial charge in [0, 0.05) is 65.0 Å². The number of benzene rings is 1. The summed E-state index contributed by atoms with van der Waals surface area (Å²) in [5.74, 6) is 0.763. The second-order valence-corrected chi connectivity index (χ2v) is 7.10. The monoisotopic (exact) mass is 502 g/mol. The van der Waals surface area contributed by atoms with Crippen molar-refractivity contribution in [3.05, 3.63) is 35.4 Å². The maximum absolute atomic E-state index is 11.7. The molecule has 1 fully saturated rings. The van der Waals surface area contributed by atoms with Crippen molar-refractivity contribution in [3.63, 3.8) is 0 Å². The predicted molar refractivity (Wildman–Crippen MR) is 127 cm³/mol. The Morgan fingerprint density at radius 2 is 1.93 bits per heavy atom. The third-order valence-electron chi connectivity index (χ3n) is 5.07. The van der Waals surface area contributed by atoms with Gasteiger partial charge in [-0.2, -0.15) is 0 Å². The van der Waals surface area contributed by atoms with Crippen LogP contribution in [0.15, 0.2) is 29.3 Å². The molecule has 1 saturated heterocycles. The van der Waals surface area contributed by atoms with Crippen LogP contribution in [-0.4, -0.2) is 88.1 Å². The smallest absolute Gasteiger partial charge is 0.251 e. The van der Waals surface area contributed by atoms with Crippen LogP contribution in [0.2, 0.25) is 0 Å². The SMILES string of the molecule is CN=C(NCCc1cccc(C(=O)NC)c1)NCC(C)N1CCN(C)CC1.I. The van der Waals surface area contributed by atoms with Gasteiger partial charge in [0.15, 0.2) is 5.96 Å². The van der Waals surface area contributed by atoms with Crippen LogP contribution in [0.25, 0.3) is 0 Å². The largest absolute Gasteiger partial charge is 0.356 e. The highest BCUT2D eigenvalue weighted by Crippen LogP contribution is 2.06. The average molecular weight is 502 g/mol. The summed E-state index contributed by atoms with van der Waals surface area (Å²) in [4.78, 5) is 20.9. The molecule has 7 nitrogen and oxygen atoms in total. The van der Waals surface area contributed by atoms with Gasteiger partial charge in [-0.05, 0) is 38.1 Å². The number of guanidine groups is 1. The van der Waals surface area contributed by atoms with E-state index in [0.717, 1.165) is 57.2 Å². The summed E-state index contributed by atoms with van der Waals surface area (Å²) in [6.07, 6.45) is 0.833. The summed E-state index contributed by atoms with van der Waals surface area (Å²) in [5, 5.41) is 9.44. The molecule has 28 heavy (non-hydrogen) atoms. The van der Waals surface area contributed by atoms with Crippen LogP contribution >= 0.6 is 24.0 Å². The average Bonchev–Trinajstić information content (AvgIpc) is 2.70. The van der Waals surface area contributed by atoms with E-state index in [1.807, 2.05) is 24.3 Å². The molecule has 1 aliphatic rings. The molecule has 0 aliphatic carbocycles. The van der Waals surface area contributed by atoms with Crippen molar-refractivity contribution in [2.45, 2.75) is 19.4 Å². The molecule has 0 saturated carbocycles. The van der Waals surface area contributed by atoms with Crippen LogP contribution < -0.4 is 16.0 Å². The van der Waals surface area contributed by atoms with E-state index in [0.29, 0.717) is 11.6 Å². The zero-order chi connectivity index (χ0) is 19.6. The zero-order valence-electron chi connectivity index (χ0n) is 17.5. The molecule has 158 valence electrons. The number of hydrogen-bond acceptors (Lipinski definition) is 4. The van der Waals surface area contributed by atoms with Crippen LogP contribution in [0.3, 0.4) is 0 Å². The molecule has 3 N–H and O–H groups in total. The number of hydrogen-bond donors (Lipinski definition) is 3. The Balaban J connectivity index is 0.00000392. The lowest BCUT2D eigenvalue weighted by atomic mass is 10.1. The summed E-state index contributed by atoms with van der Waals surface area (Å²) in [7, 11) is 5.62. The number of rotatable bonds is 7. The number of carbonyl (C=O) groups excluding carboxylic acids is 1. The lowest BCUT2D eigenvalue weighted by Crippen LogP contribution is -2.52. The highest BCUT2D eigenvalue weighted by Gasteiger charge is 2.19. The number of likely N-dealkylation sites (N-methyl/N-ethyl adjacent to an activating group) is 1. The van der Waals surface area contributed by atoms with Crippen molar-refractivity contribution in [2.24, 2.45) is 4.99 Å². The van der Waals surface area contributed by atoms with Gasteiger partial charge >= 0.3 is 0 Å². The van der Waals surface area contributed by atoms with Gasteiger partial charge in [-0.1, -0.05) is 12.1 Å². The summed E-state index contributed by atoms with van der Waals surface area (Å²) >= 11 is 0. The normalized spacial score (nSPS) is 16.8. The van der Waals surface area contributed by atoms with Gasteiger partial charge in [0.2, 0.25) is 0 Å². The van der Waals surface area contributed by atoms with Gasteiger partial charge in [-0.25, -0.2) is 0 Å². The van der Waals surface area contributed by atoms with Gasteiger partial charge in [0.25, 0.3) is 5.91 Å². The number of carbonyl (C=O) groups is 1. The minimum absolute atomic E-state index is 0. The standard InChI is InChI=1S/C20H34N6O.HI/c1-16(26-12-10-25(4)11-13-26)15-24-20(22-3)23-9-8-17-6-5-7-18(14-17)19(27)21-2;/h5-7,14,16H,8-13,15H2,1-4H3,(H,21,27)(H2,22,23,24);1H. The Kier molecular flexibility index (Phi) is 11.4. The molecule has 1 aromatic rings. The highest BCUT2D eigenvalue weighted by molar-refractivity contribution is 14.0. The lowest BCUT2D eigenvalue weighted by Gasteiger charge is -2.36. The first-order chi connectivity index (χ1) is 13.0.